The van der Waals surface area contributed by atoms with Crippen molar-refractivity contribution in [3.05, 3.63) is 47.1 Å². The maximum absolute atomic E-state index is 13.1. The summed E-state index contributed by atoms with van der Waals surface area (Å²) in [5, 5.41) is 2.91. The number of nitrogens with one attached hydrogen (secondary N) is 1. The molecule has 0 unspecified atom stereocenters. The molecule has 0 radical (unpaired) electrons. The Bertz CT molecular complexity index is 987. The third-order valence-corrected chi connectivity index (χ3v) is 7.21. The number of carbonyl (C=O) groups excluding carboxylic acids is 1. The summed E-state index contributed by atoms with van der Waals surface area (Å²) in [6.07, 6.45) is 5.32. The molecule has 1 saturated heterocycles. The van der Waals surface area contributed by atoms with Gasteiger partial charge in [-0.15, -0.1) is 0 Å². The number of anilines is 2. The van der Waals surface area contributed by atoms with Crippen LogP contribution in [-0.2, 0) is 10.0 Å². The second kappa shape index (κ2) is 9.11. The maximum Gasteiger partial charge on any atom is 0.255 e. The lowest BCUT2D eigenvalue weighted by Gasteiger charge is -2.21. The van der Waals surface area contributed by atoms with E-state index in [1.54, 1.807) is 23.2 Å². The minimum atomic E-state index is -3.77. The molecule has 2 heterocycles. The molecule has 1 aromatic carbocycles. The molecule has 1 fully saturated rings. The average Bonchev–Trinajstić information content (AvgIpc) is 2.98. The van der Waals surface area contributed by atoms with Crippen LogP contribution in [0.1, 0.15) is 36.0 Å². The summed E-state index contributed by atoms with van der Waals surface area (Å²) in [6.45, 7) is 0.938. The molecule has 0 bridgehead atoms. The van der Waals surface area contributed by atoms with Gasteiger partial charge in [-0.1, -0.05) is 24.4 Å². The number of pyridine rings is 1. The zero-order chi connectivity index (χ0) is 21.0. The lowest BCUT2D eigenvalue weighted by Crippen LogP contribution is -2.32. The molecule has 1 aromatic heterocycles. The van der Waals surface area contributed by atoms with Gasteiger partial charge < -0.3 is 10.2 Å². The number of sulfonamides is 1. The van der Waals surface area contributed by atoms with E-state index in [9.17, 15) is 13.2 Å². The Morgan fingerprint density at radius 3 is 2.48 bits per heavy atom. The molecule has 1 aliphatic rings. The van der Waals surface area contributed by atoms with Gasteiger partial charge in [-0.2, -0.15) is 4.31 Å². The molecule has 0 aliphatic carbocycles. The molecular formula is C20H25ClN4O3S. The number of benzene rings is 1. The summed E-state index contributed by atoms with van der Waals surface area (Å²) < 4.78 is 27.7. The SMILES string of the molecule is CN(C)c1ncccc1NC(=O)c1ccc(Cl)c(S(=O)(=O)N2CCCCCC2)c1. The first-order valence-corrected chi connectivity index (χ1v) is 11.4. The summed E-state index contributed by atoms with van der Waals surface area (Å²) >= 11 is 6.22. The minimum Gasteiger partial charge on any atom is -0.361 e. The van der Waals surface area contributed by atoms with Crippen molar-refractivity contribution in [1.82, 2.24) is 9.29 Å². The van der Waals surface area contributed by atoms with Crippen LogP contribution < -0.4 is 10.2 Å². The van der Waals surface area contributed by atoms with Gasteiger partial charge >= 0.3 is 0 Å². The highest BCUT2D eigenvalue weighted by Crippen LogP contribution is 2.28. The summed E-state index contributed by atoms with van der Waals surface area (Å²) in [4.78, 5) is 18.8. The third-order valence-electron chi connectivity index (χ3n) is 4.83. The van der Waals surface area contributed by atoms with Gasteiger partial charge in [-0.05, 0) is 43.2 Å². The molecule has 2 aromatic rings. The average molecular weight is 437 g/mol. The smallest absolute Gasteiger partial charge is 0.255 e. The van der Waals surface area contributed by atoms with Gasteiger partial charge in [0.1, 0.15) is 4.90 Å². The van der Waals surface area contributed by atoms with Crippen molar-refractivity contribution >= 4 is 39.0 Å². The fourth-order valence-corrected chi connectivity index (χ4v) is 5.33. The number of amides is 1. The van der Waals surface area contributed by atoms with Crippen molar-refractivity contribution in [3.63, 3.8) is 0 Å². The Balaban J connectivity index is 1.90. The fraction of sp³-hybridized carbons (Fsp3) is 0.400. The first-order valence-electron chi connectivity index (χ1n) is 9.54. The zero-order valence-corrected chi connectivity index (χ0v) is 18.1. The van der Waals surface area contributed by atoms with E-state index in [0.29, 0.717) is 24.6 Å². The van der Waals surface area contributed by atoms with Crippen LogP contribution in [0.5, 0.6) is 0 Å². The molecule has 1 amide bonds. The van der Waals surface area contributed by atoms with Crippen molar-refractivity contribution in [3.8, 4) is 0 Å². The molecule has 0 atom stereocenters. The van der Waals surface area contributed by atoms with Crippen molar-refractivity contribution in [2.24, 2.45) is 0 Å². The standard InChI is InChI=1S/C20H25ClN4O3S/c1-24(2)19-17(8-7-11-22-19)23-20(26)15-9-10-16(21)18(14-15)29(27,28)25-12-5-3-4-6-13-25/h7-11,14H,3-6,12-13H2,1-2H3,(H,23,26). The zero-order valence-electron chi connectivity index (χ0n) is 16.6. The van der Waals surface area contributed by atoms with Gasteiger partial charge in [0.25, 0.3) is 5.91 Å². The highest BCUT2D eigenvalue weighted by molar-refractivity contribution is 7.89. The Hall–Kier alpha value is -2.16. The lowest BCUT2D eigenvalue weighted by atomic mass is 10.2. The number of hydrogen-bond acceptors (Lipinski definition) is 5. The van der Waals surface area contributed by atoms with Gasteiger partial charge in [0.05, 0.1) is 10.7 Å². The van der Waals surface area contributed by atoms with E-state index < -0.39 is 15.9 Å². The molecule has 9 heteroatoms. The highest BCUT2D eigenvalue weighted by Gasteiger charge is 2.28. The molecule has 3 rings (SSSR count). The Morgan fingerprint density at radius 1 is 1.14 bits per heavy atom. The minimum absolute atomic E-state index is 0.0345. The molecule has 156 valence electrons. The first-order chi connectivity index (χ1) is 13.8. The summed E-state index contributed by atoms with van der Waals surface area (Å²) in [5.41, 5.74) is 0.755. The molecule has 1 aliphatic heterocycles. The largest absolute Gasteiger partial charge is 0.361 e. The first kappa shape index (κ1) is 21.5. The number of hydrogen-bond donors (Lipinski definition) is 1. The predicted molar refractivity (Wildman–Crippen MR) is 115 cm³/mol. The van der Waals surface area contributed by atoms with Crippen molar-refractivity contribution in [2.75, 3.05) is 37.4 Å². The number of aromatic nitrogens is 1. The maximum atomic E-state index is 13.1. The predicted octanol–water partition coefficient (Wildman–Crippen LogP) is 3.62. The Labute approximate surface area is 176 Å². The Kier molecular flexibility index (Phi) is 6.77. The topological polar surface area (TPSA) is 82.6 Å². The second-order valence-corrected chi connectivity index (χ2v) is 9.50. The second-order valence-electron chi connectivity index (χ2n) is 7.19. The van der Waals surface area contributed by atoms with Gasteiger partial charge in [0, 0.05) is 38.9 Å². The molecule has 1 N–H and O–H groups in total. The highest BCUT2D eigenvalue weighted by atomic mass is 35.5. The van der Waals surface area contributed by atoms with Crippen LogP contribution in [0.4, 0.5) is 11.5 Å². The molecular weight excluding hydrogens is 412 g/mol. The van der Waals surface area contributed by atoms with Crippen molar-refractivity contribution in [1.29, 1.82) is 0 Å². The summed E-state index contributed by atoms with van der Waals surface area (Å²) in [6, 6.07) is 7.79. The van der Waals surface area contributed by atoms with Gasteiger partial charge in [-0.3, -0.25) is 4.79 Å². The quantitative estimate of drug-likeness (QED) is 0.774. The number of rotatable bonds is 5. The summed E-state index contributed by atoms with van der Waals surface area (Å²) in [7, 11) is -0.115. The lowest BCUT2D eigenvalue weighted by molar-refractivity contribution is 0.102. The van der Waals surface area contributed by atoms with E-state index in [1.165, 1.54) is 22.5 Å². The molecule has 0 saturated carbocycles. The monoisotopic (exact) mass is 436 g/mol. The Morgan fingerprint density at radius 2 is 1.83 bits per heavy atom. The van der Waals surface area contributed by atoms with Crippen molar-refractivity contribution in [2.45, 2.75) is 30.6 Å². The van der Waals surface area contributed by atoms with Crippen LogP contribution in [0, 0.1) is 0 Å². The van der Waals surface area contributed by atoms with Gasteiger partial charge in [0.2, 0.25) is 10.0 Å². The van der Waals surface area contributed by atoms with Gasteiger partial charge in [0.15, 0.2) is 5.82 Å². The third kappa shape index (κ3) is 4.88. The van der Waals surface area contributed by atoms with Gasteiger partial charge in [-0.25, -0.2) is 13.4 Å². The van der Waals surface area contributed by atoms with E-state index in [0.717, 1.165) is 25.7 Å². The number of nitrogens with zero attached hydrogens (tertiary/aromatic N) is 3. The number of halogens is 1. The molecule has 29 heavy (non-hydrogen) atoms. The number of carbonyl (C=O) groups is 1. The molecule has 7 nitrogen and oxygen atoms in total. The van der Waals surface area contributed by atoms with Crippen LogP contribution in [0.25, 0.3) is 0 Å². The van der Waals surface area contributed by atoms with E-state index in [-0.39, 0.29) is 15.5 Å². The van der Waals surface area contributed by atoms with E-state index in [4.69, 9.17) is 11.6 Å². The normalized spacial score (nSPS) is 15.6. The van der Waals surface area contributed by atoms with E-state index in [1.807, 2.05) is 14.1 Å². The van der Waals surface area contributed by atoms with Crippen LogP contribution in [0.15, 0.2) is 41.4 Å². The van der Waals surface area contributed by atoms with Crippen LogP contribution >= 0.6 is 11.6 Å². The summed E-state index contributed by atoms with van der Waals surface area (Å²) in [5.74, 6) is 0.178. The van der Waals surface area contributed by atoms with Crippen molar-refractivity contribution < 1.29 is 13.2 Å². The van der Waals surface area contributed by atoms with E-state index >= 15 is 0 Å². The van der Waals surface area contributed by atoms with Crippen LogP contribution in [0.2, 0.25) is 5.02 Å². The molecule has 0 spiro atoms. The fourth-order valence-electron chi connectivity index (χ4n) is 3.31. The van der Waals surface area contributed by atoms with Crippen LogP contribution in [-0.4, -0.2) is 50.8 Å². The van der Waals surface area contributed by atoms with E-state index in [2.05, 4.69) is 10.3 Å². The van der Waals surface area contributed by atoms with Crippen LogP contribution in [0.3, 0.4) is 0 Å².